The van der Waals surface area contributed by atoms with Crippen LogP contribution in [0, 0.1) is 5.92 Å². The summed E-state index contributed by atoms with van der Waals surface area (Å²) in [5.41, 5.74) is 0.556. The molecule has 0 saturated carbocycles. The molecule has 0 saturated heterocycles. The second kappa shape index (κ2) is 6.79. The number of rotatable bonds is 5. The van der Waals surface area contributed by atoms with E-state index in [1.807, 2.05) is 19.9 Å². The third-order valence-corrected chi connectivity index (χ3v) is 2.46. The minimum atomic E-state index is -0.531. The molecular formula is C14H20N2O2. The standard InChI is InChI=1S/C14H20N2O2/c1-10(2)9-15-13(17)11(3)16-14(18)12-7-5-4-6-8-12/h4-8,10-11H,9H2,1-3H3,(H,15,17)(H,16,18). The van der Waals surface area contributed by atoms with Crippen LogP contribution in [0.15, 0.2) is 30.3 Å². The van der Waals surface area contributed by atoms with Gasteiger partial charge in [-0.25, -0.2) is 0 Å². The van der Waals surface area contributed by atoms with Crippen molar-refractivity contribution in [2.45, 2.75) is 26.8 Å². The highest BCUT2D eigenvalue weighted by Gasteiger charge is 2.16. The van der Waals surface area contributed by atoms with Crippen LogP contribution in [0.3, 0.4) is 0 Å². The maximum Gasteiger partial charge on any atom is 0.251 e. The Bertz CT molecular complexity index is 402. The normalized spacial score (nSPS) is 12.0. The van der Waals surface area contributed by atoms with Crippen molar-refractivity contribution in [3.63, 3.8) is 0 Å². The first-order chi connectivity index (χ1) is 8.50. The zero-order valence-electron chi connectivity index (χ0n) is 11.1. The summed E-state index contributed by atoms with van der Waals surface area (Å²) in [7, 11) is 0. The highest BCUT2D eigenvalue weighted by molar-refractivity contribution is 5.97. The molecule has 1 aromatic rings. The number of hydrogen-bond donors (Lipinski definition) is 2. The molecule has 2 N–H and O–H groups in total. The number of nitrogens with one attached hydrogen (secondary N) is 2. The number of hydrogen-bond acceptors (Lipinski definition) is 2. The summed E-state index contributed by atoms with van der Waals surface area (Å²) >= 11 is 0. The van der Waals surface area contributed by atoms with E-state index in [4.69, 9.17) is 0 Å². The molecule has 1 atom stereocenters. The van der Waals surface area contributed by atoms with Crippen LogP contribution < -0.4 is 10.6 Å². The van der Waals surface area contributed by atoms with Gasteiger partial charge in [0.1, 0.15) is 6.04 Å². The molecule has 0 aliphatic rings. The molecule has 0 aliphatic heterocycles. The Morgan fingerprint density at radius 1 is 1.11 bits per heavy atom. The van der Waals surface area contributed by atoms with Gasteiger partial charge in [-0.05, 0) is 25.0 Å². The summed E-state index contributed by atoms with van der Waals surface area (Å²) in [5, 5.41) is 5.45. The minimum absolute atomic E-state index is 0.159. The van der Waals surface area contributed by atoms with Crippen molar-refractivity contribution in [2.24, 2.45) is 5.92 Å². The van der Waals surface area contributed by atoms with Crippen molar-refractivity contribution >= 4 is 11.8 Å². The summed E-state index contributed by atoms with van der Waals surface area (Å²) in [6.07, 6.45) is 0. The molecule has 0 radical (unpaired) electrons. The van der Waals surface area contributed by atoms with E-state index in [0.29, 0.717) is 18.0 Å². The molecular weight excluding hydrogens is 228 g/mol. The molecule has 1 aromatic carbocycles. The Morgan fingerprint density at radius 3 is 2.28 bits per heavy atom. The van der Waals surface area contributed by atoms with E-state index in [9.17, 15) is 9.59 Å². The van der Waals surface area contributed by atoms with Crippen LogP contribution in [0.2, 0.25) is 0 Å². The molecule has 0 bridgehead atoms. The first-order valence-corrected chi connectivity index (χ1v) is 6.14. The third-order valence-electron chi connectivity index (χ3n) is 2.46. The summed E-state index contributed by atoms with van der Waals surface area (Å²) in [6, 6.07) is 8.32. The van der Waals surface area contributed by atoms with E-state index in [1.165, 1.54) is 0 Å². The van der Waals surface area contributed by atoms with E-state index >= 15 is 0 Å². The lowest BCUT2D eigenvalue weighted by molar-refractivity contribution is -0.122. The van der Waals surface area contributed by atoms with Crippen LogP contribution in [0.25, 0.3) is 0 Å². The van der Waals surface area contributed by atoms with Gasteiger partial charge in [0.15, 0.2) is 0 Å². The Morgan fingerprint density at radius 2 is 1.72 bits per heavy atom. The fraction of sp³-hybridized carbons (Fsp3) is 0.429. The smallest absolute Gasteiger partial charge is 0.251 e. The quantitative estimate of drug-likeness (QED) is 0.831. The van der Waals surface area contributed by atoms with Crippen LogP contribution >= 0.6 is 0 Å². The fourth-order valence-corrected chi connectivity index (χ4v) is 1.39. The van der Waals surface area contributed by atoms with Gasteiger partial charge in [-0.15, -0.1) is 0 Å². The Kier molecular flexibility index (Phi) is 5.36. The molecule has 0 aliphatic carbocycles. The summed E-state index contributed by atoms with van der Waals surface area (Å²) < 4.78 is 0. The molecule has 1 rings (SSSR count). The first kappa shape index (κ1) is 14.2. The van der Waals surface area contributed by atoms with Crippen LogP contribution in [-0.2, 0) is 4.79 Å². The molecule has 0 aromatic heterocycles. The monoisotopic (exact) mass is 248 g/mol. The predicted octanol–water partition coefficient (Wildman–Crippen LogP) is 1.58. The predicted molar refractivity (Wildman–Crippen MR) is 71.2 cm³/mol. The lowest BCUT2D eigenvalue weighted by atomic mass is 10.2. The summed E-state index contributed by atoms with van der Waals surface area (Å²) in [4.78, 5) is 23.5. The number of carbonyl (C=O) groups is 2. The highest BCUT2D eigenvalue weighted by atomic mass is 16.2. The van der Waals surface area contributed by atoms with Crippen LogP contribution in [-0.4, -0.2) is 24.4 Å². The zero-order chi connectivity index (χ0) is 13.5. The SMILES string of the molecule is CC(C)CNC(=O)C(C)NC(=O)c1ccccc1. The van der Waals surface area contributed by atoms with Gasteiger partial charge in [-0.3, -0.25) is 9.59 Å². The van der Waals surface area contributed by atoms with Gasteiger partial charge in [0.05, 0.1) is 0 Å². The second-order valence-corrected chi connectivity index (χ2v) is 4.70. The van der Waals surface area contributed by atoms with Crippen molar-refractivity contribution in [3.8, 4) is 0 Å². The van der Waals surface area contributed by atoms with E-state index in [-0.39, 0.29) is 11.8 Å². The maximum atomic E-state index is 11.8. The Balaban J connectivity index is 2.47. The van der Waals surface area contributed by atoms with Crippen molar-refractivity contribution in [2.75, 3.05) is 6.54 Å². The van der Waals surface area contributed by atoms with Crippen molar-refractivity contribution in [1.82, 2.24) is 10.6 Å². The van der Waals surface area contributed by atoms with Crippen molar-refractivity contribution < 1.29 is 9.59 Å². The van der Waals surface area contributed by atoms with E-state index < -0.39 is 6.04 Å². The van der Waals surface area contributed by atoms with Crippen molar-refractivity contribution in [3.05, 3.63) is 35.9 Å². The van der Waals surface area contributed by atoms with Gasteiger partial charge in [-0.2, -0.15) is 0 Å². The number of amides is 2. The summed E-state index contributed by atoms with van der Waals surface area (Å²) in [5.74, 6) is 0.00162. The Hall–Kier alpha value is -1.84. The molecule has 0 spiro atoms. The van der Waals surface area contributed by atoms with Gasteiger partial charge in [-0.1, -0.05) is 32.0 Å². The number of benzene rings is 1. The number of carbonyl (C=O) groups excluding carboxylic acids is 2. The molecule has 1 unspecified atom stereocenters. The molecule has 0 heterocycles. The maximum absolute atomic E-state index is 11.8. The molecule has 4 nitrogen and oxygen atoms in total. The lowest BCUT2D eigenvalue weighted by Crippen LogP contribution is -2.45. The van der Waals surface area contributed by atoms with Crippen LogP contribution in [0.1, 0.15) is 31.1 Å². The van der Waals surface area contributed by atoms with Gasteiger partial charge in [0.2, 0.25) is 5.91 Å². The zero-order valence-corrected chi connectivity index (χ0v) is 11.1. The minimum Gasteiger partial charge on any atom is -0.354 e. The van der Waals surface area contributed by atoms with Gasteiger partial charge >= 0.3 is 0 Å². The Labute approximate surface area is 108 Å². The average molecular weight is 248 g/mol. The van der Waals surface area contributed by atoms with Crippen LogP contribution in [0.4, 0.5) is 0 Å². The molecule has 4 heteroatoms. The van der Waals surface area contributed by atoms with E-state index in [2.05, 4.69) is 10.6 Å². The molecule has 98 valence electrons. The largest absolute Gasteiger partial charge is 0.354 e. The highest BCUT2D eigenvalue weighted by Crippen LogP contribution is 1.99. The second-order valence-electron chi connectivity index (χ2n) is 4.70. The third kappa shape index (κ3) is 4.57. The van der Waals surface area contributed by atoms with Gasteiger partial charge in [0, 0.05) is 12.1 Å². The van der Waals surface area contributed by atoms with Crippen LogP contribution in [0.5, 0.6) is 0 Å². The molecule has 2 amide bonds. The van der Waals surface area contributed by atoms with Gasteiger partial charge in [0.25, 0.3) is 5.91 Å². The lowest BCUT2D eigenvalue weighted by Gasteiger charge is -2.15. The first-order valence-electron chi connectivity index (χ1n) is 6.14. The molecule has 0 fully saturated rings. The van der Waals surface area contributed by atoms with E-state index in [1.54, 1.807) is 31.2 Å². The topological polar surface area (TPSA) is 58.2 Å². The average Bonchev–Trinajstić information content (AvgIpc) is 2.36. The fourth-order valence-electron chi connectivity index (χ4n) is 1.39. The summed E-state index contributed by atoms with van der Waals surface area (Å²) in [6.45, 7) is 6.34. The molecule has 18 heavy (non-hydrogen) atoms. The van der Waals surface area contributed by atoms with E-state index in [0.717, 1.165) is 0 Å². The van der Waals surface area contributed by atoms with Crippen molar-refractivity contribution in [1.29, 1.82) is 0 Å². The van der Waals surface area contributed by atoms with Gasteiger partial charge < -0.3 is 10.6 Å².